The van der Waals surface area contributed by atoms with Gasteiger partial charge in [0.15, 0.2) is 0 Å². The molecule has 1 heterocycles. The van der Waals surface area contributed by atoms with Crippen molar-refractivity contribution in [1.82, 2.24) is 4.98 Å². The van der Waals surface area contributed by atoms with E-state index in [-0.39, 0.29) is 19.0 Å². The zero-order valence-corrected chi connectivity index (χ0v) is 11.8. The molecule has 0 spiro atoms. The van der Waals surface area contributed by atoms with Crippen LogP contribution >= 0.6 is 15.9 Å². The van der Waals surface area contributed by atoms with Crippen molar-refractivity contribution in [2.75, 3.05) is 5.73 Å². The van der Waals surface area contributed by atoms with Gasteiger partial charge in [-0.2, -0.15) is 0 Å². The summed E-state index contributed by atoms with van der Waals surface area (Å²) in [5, 5.41) is 0. The van der Waals surface area contributed by atoms with Crippen molar-refractivity contribution in [3.63, 3.8) is 0 Å². The highest BCUT2D eigenvalue weighted by atomic mass is 79.9. The van der Waals surface area contributed by atoms with Crippen molar-refractivity contribution in [3.05, 3.63) is 58.3 Å². The van der Waals surface area contributed by atoms with Crippen LogP contribution in [0.4, 0.5) is 5.69 Å². The Morgan fingerprint density at radius 1 is 1.26 bits per heavy atom. The highest BCUT2D eigenvalue weighted by molar-refractivity contribution is 9.10. The van der Waals surface area contributed by atoms with Crippen LogP contribution in [0.3, 0.4) is 0 Å². The van der Waals surface area contributed by atoms with Gasteiger partial charge in [-0.25, -0.2) is 0 Å². The summed E-state index contributed by atoms with van der Waals surface area (Å²) < 4.78 is 6.13. The summed E-state index contributed by atoms with van der Waals surface area (Å²) in [6, 6.07) is 11.0. The van der Waals surface area contributed by atoms with Gasteiger partial charge in [0.25, 0.3) is 0 Å². The lowest BCUT2D eigenvalue weighted by atomic mass is 10.2. The smallest absolute Gasteiger partial charge is 0.312 e. The highest BCUT2D eigenvalue weighted by Gasteiger charge is 2.07. The van der Waals surface area contributed by atoms with Crippen LogP contribution in [0.5, 0.6) is 0 Å². The zero-order valence-electron chi connectivity index (χ0n) is 10.2. The van der Waals surface area contributed by atoms with Gasteiger partial charge in [0.2, 0.25) is 0 Å². The van der Waals surface area contributed by atoms with Crippen LogP contribution in [0.1, 0.15) is 11.3 Å². The lowest BCUT2D eigenvalue weighted by molar-refractivity contribution is -0.144. The normalized spacial score (nSPS) is 10.2. The van der Waals surface area contributed by atoms with Gasteiger partial charge in [0, 0.05) is 10.0 Å². The van der Waals surface area contributed by atoms with E-state index >= 15 is 0 Å². The largest absolute Gasteiger partial charge is 0.460 e. The van der Waals surface area contributed by atoms with Crippen LogP contribution < -0.4 is 5.73 Å². The first kappa shape index (κ1) is 13.5. The maximum Gasteiger partial charge on any atom is 0.312 e. The van der Waals surface area contributed by atoms with Crippen LogP contribution in [0.2, 0.25) is 0 Å². The predicted octanol–water partition coefficient (Wildman–Crippen LogP) is 2.71. The number of carbonyl (C=O) groups excluding carboxylic acids is 1. The van der Waals surface area contributed by atoms with E-state index in [4.69, 9.17) is 10.5 Å². The number of ether oxygens (including phenoxy) is 1. The predicted molar refractivity (Wildman–Crippen MR) is 76.3 cm³/mol. The lowest BCUT2D eigenvalue weighted by Crippen LogP contribution is -2.09. The number of nitrogens with two attached hydrogens (primary N) is 1. The molecule has 4 nitrogen and oxygen atoms in total. The molecule has 2 rings (SSSR count). The minimum absolute atomic E-state index is 0.144. The van der Waals surface area contributed by atoms with Crippen molar-refractivity contribution in [1.29, 1.82) is 0 Å². The number of esters is 1. The number of aromatic nitrogens is 1. The number of anilines is 1. The monoisotopic (exact) mass is 320 g/mol. The van der Waals surface area contributed by atoms with E-state index in [1.807, 2.05) is 24.3 Å². The number of pyridine rings is 1. The zero-order chi connectivity index (χ0) is 13.7. The van der Waals surface area contributed by atoms with Crippen molar-refractivity contribution < 1.29 is 9.53 Å². The molecule has 0 saturated carbocycles. The Hall–Kier alpha value is -1.88. The van der Waals surface area contributed by atoms with Gasteiger partial charge in [0.1, 0.15) is 6.61 Å². The molecule has 0 aliphatic carbocycles. The minimum atomic E-state index is -0.312. The number of rotatable bonds is 4. The molecule has 98 valence electrons. The Bertz CT molecular complexity index is 570. The Morgan fingerprint density at radius 3 is 2.74 bits per heavy atom. The van der Waals surface area contributed by atoms with Crippen LogP contribution in [-0.2, 0) is 22.6 Å². The van der Waals surface area contributed by atoms with E-state index in [1.54, 1.807) is 12.1 Å². The van der Waals surface area contributed by atoms with Crippen molar-refractivity contribution in [2.24, 2.45) is 0 Å². The minimum Gasteiger partial charge on any atom is -0.460 e. The summed E-state index contributed by atoms with van der Waals surface area (Å²) in [5.41, 5.74) is 7.68. The van der Waals surface area contributed by atoms with Gasteiger partial charge in [-0.1, -0.05) is 34.1 Å². The summed E-state index contributed by atoms with van der Waals surface area (Å²) in [5.74, 6) is -0.312. The standard InChI is InChI=1S/C14H13BrN2O2/c15-13-4-2-1-3-10(13)9-19-14(18)7-12-6-5-11(16)8-17-12/h1-6,8H,7,9,16H2. The molecule has 2 aromatic rings. The second kappa shape index (κ2) is 6.33. The van der Waals surface area contributed by atoms with Crippen molar-refractivity contribution in [2.45, 2.75) is 13.0 Å². The molecular formula is C14H13BrN2O2. The fraction of sp³-hybridized carbons (Fsp3) is 0.143. The molecule has 19 heavy (non-hydrogen) atoms. The molecule has 2 N–H and O–H groups in total. The SMILES string of the molecule is Nc1ccc(CC(=O)OCc2ccccc2Br)nc1. The quantitative estimate of drug-likeness (QED) is 0.880. The van der Waals surface area contributed by atoms with E-state index in [0.717, 1.165) is 10.0 Å². The first-order chi connectivity index (χ1) is 9.15. The molecule has 0 atom stereocenters. The number of carbonyl (C=O) groups is 1. The summed E-state index contributed by atoms with van der Waals surface area (Å²) in [6.07, 6.45) is 1.67. The van der Waals surface area contributed by atoms with Crippen LogP contribution in [-0.4, -0.2) is 11.0 Å². The van der Waals surface area contributed by atoms with E-state index in [2.05, 4.69) is 20.9 Å². The molecule has 0 amide bonds. The first-order valence-electron chi connectivity index (χ1n) is 5.74. The molecule has 0 saturated heterocycles. The third-order valence-electron chi connectivity index (χ3n) is 2.52. The number of nitrogen functional groups attached to an aromatic ring is 1. The summed E-state index contributed by atoms with van der Waals surface area (Å²) >= 11 is 3.40. The lowest BCUT2D eigenvalue weighted by Gasteiger charge is -2.06. The van der Waals surface area contributed by atoms with Gasteiger partial charge in [0.05, 0.1) is 24.0 Å². The molecule has 0 bridgehead atoms. The van der Waals surface area contributed by atoms with Gasteiger partial charge in [-0.15, -0.1) is 0 Å². The molecule has 1 aromatic heterocycles. The third kappa shape index (κ3) is 4.06. The first-order valence-corrected chi connectivity index (χ1v) is 6.54. The Morgan fingerprint density at radius 2 is 2.05 bits per heavy atom. The van der Waals surface area contributed by atoms with Gasteiger partial charge >= 0.3 is 5.97 Å². The molecule has 0 aliphatic rings. The topological polar surface area (TPSA) is 65.2 Å². The number of benzene rings is 1. The second-order valence-electron chi connectivity index (χ2n) is 4.01. The summed E-state index contributed by atoms with van der Waals surface area (Å²) in [7, 11) is 0. The highest BCUT2D eigenvalue weighted by Crippen LogP contribution is 2.16. The van der Waals surface area contributed by atoms with E-state index in [0.29, 0.717) is 11.4 Å². The Balaban J connectivity index is 1.88. The van der Waals surface area contributed by atoms with E-state index < -0.39 is 0 Å². The van der Waals surface area contributed by atoms with Crippen LogP contribution in [0.15, 0.2) is 47.1 Å². The van der Waals surface area contributed by atoms with Crippen molar-refractivity contribution in [3.8, 4) is 0 Å². The maximum atomic E-state index is 11.7. The van der Waals surface area contributed by atoms with Gasteiger partial charge in [-0.05, 0) is 18.2 Å². The van der Waals surface area contributed by atoms with E-state index in [9.17, 15) is 4.79 Å². The maximum absolute atomic E-state index is 11.7. The number of hydrogen-bond acceptors (Lipinski definition) is 4. The summed E-state index contributed by atoms with van der Waals surface area (Å²) in [4.78, 5) is 15.7. The number of nitrogens with zero attached hydrogens (tertiary/aromatic N) is 1. The van der Waals surface area contributed by atoms with Gasteiger partial charge < -0.3 is 10.5 Å². The molecular weight excluding hydrogens is 308 g/mol. The van der Waals surface area contributed by atoms with E-state index in [1.165, 1.54) is 6.20 Å². The Kier molecular flexibility index (Phi) is 4.52. The molecule has 0 fully saturated rings. The average molecular weight is 321 g/mol. The fourth-order valence-corrected chi connectivity index (χ4v) is 1.91. The van der Waals surface area contributed by atoms with Crippen molar-refractivity contribution >= 4 is 27.6 Å². The number of hydrogen-bond donors (Lipinski definition) is 1. The summed E-state index contributed by atoms with van der Waals surface area (Å²) in [6.45, 7) is 0.245. The second-order valence-corrected chi connectivity index (χ2v) is 4.87. The average Bonchev–Trinajstić information content (AvgIpc) is 2.40. The third-order valence-corrected chi connectivity index (χ3v) is 3.29. The van der Waals surface area contributed by atoms with Crippen LogP contribution in [0.25, 0.3) is 0 Å². The molecule has 0 radical (unpaired) electrons. The Labute approximate surface area is 119 Å². The number of halogens is 1. The van der Waals surface area contributed by atoms with Gasteiger partial charge in [-0.3, -0.25) is 9.78 Å². The molecule has 1 aromatic carbocycles. The molecule has 0 aliphatic heterocycles. The molecule has 5 heteroatoms. The fourth-order valence-electron chi connectivity index (χ4n) is 1.51. The van der Waals surface area contributed by atoms with Crippen LogP contribution in [0, 0.1) is 0 Å². The molecule has 0 unspecified atom stereocenters.